The van der Waals surface area contributed by atoms with Crippen molar-refractivity contribution in [2.45, 2.75) is 137 Å². The fourth-order valence-corrected chi connectivity index (χ4v) is 12.5. The van der Waals surface area contributed by atoms with Crippen molar-refractivity contribution >= 4 is 5.97 Å². The number of carbonyl (C=O) groups is 1. The molecule has 0 unspecified atom stereocenters. The second-order valence-corrected chi connectivity index (χ2v) is 18.5. The first-order valence-corrected chi connectivity index (χ1v) is 18.2. The highest BCUT2D eigenvalue weighted by atomic mass is 16.5. The van der Waals surface area contributed by atoms with Crippen molar-refractivity contribution in [3.8, 4) is 0 Å². The molecule has 4 fully saturated rings. The van der Waals surface area contributed by atoms with Crippen LogP contribution < -0.4 is 0 Å². The third kappa shape index (κ3) is 4.14. The number of esters is 1. The van der Waals surface area contributed by atoms with Gasteiger partial charge in [-0.1, -0.05) is 90.4 Å². The van der Waals surface area contributed by atoms with E-state index in [1.54, 1.807) is 5.57 Å². The van der Waals surface area contributed by atoms with Crippen molar-refractivity contribution in [1.82, 2.24) is 9.78 Å². The largest absolute Gasteiger partial charge is 0.460 e. The van der Waals surface area contributed by atoms with Gasteiger partial charge in [-0.25, -0.2) is 0 Å². The second kappa shape index (κ2) is 9.60. The van der Waals surface area contributed by atoms with Crippen molar-refractivity contribution in [2.24, 2.45) is 44.8 Å². The van der Waals surface area contributed by atoms with Crippen LogP contribution in [-0.2, 0) is 28.0 Å². The van der Waals surface area contributed by atoms with Crippen LogP contribution in [0.3, 0.4) is 0 Å². The number of rotatable bonds is 4. The third-order valence-corrected chi connectivity index (χ3v) is 15.3. The van der Waals surface area contributed by atoms with Gasteiger partial charge in [-0.2, -0.15) is 5.10 Å². The Morgan fingerprint density at radius 2 is 1.64 bits per heavy atom. The van der Waals surface area contributed by atoms with Crippen LogP contribution in [0.5, 0.6) is 0 Å². The summed E-state index contributed by atoms with van der Waals surface area (Å²) in [7, 11) is 0. The Kier molecular flexibility index (Phi) is 6.40. The maximum atomic E-state index is 14.3. The molecule has 0 bridgehead atoms. The first-order chi connectivity index (χ1) is 21.2. The number of hydrogen-bond donors (Lipinski definition) is 0. The highest BCUT2D eigenvalue weighted by Crippen LogP contribution is 2.75. The number of ether oxygens (including phenoxy) is 1. The summed E-state index contributed by atoms with van der Waals surface area (Å²) in [5, 5.41) is 5.27. The fourth-order valence-electron chi connectivity index (χ4n) is 12.5. The van der Waals surface area contributed by atoms with Crippen molar-refractivity contribution in [3.05, 3.63) is 65.0 Å². The van der Waals surface area contributed by atoms with Crippen molar-refractivity contribution in [3.63, 3.8) is 0 Å². The Balaban J connectivity index is 1.16. The number of aromatic nitrogens is 2. The van der Waals surface area contributed by atoms with E-state index in [1.807, 2.05) is 18.2 Å². The maximum absolute atomic E-state index is 14.3. The summed E-state index contributed by atoms with van der Waals surface area (Å²) < 4.78 is 8.56. The Hall–Kier alpha value is -2.36. The molecule has 45 heavy (non-hydrogen) atoms. The SMILES string of the molecule is CC1(C)CC[C@]2(C(=O)OCc3ccccc3)CC[C@]3(C)C(=CC[C@@H]4[C@@]5(C)Cc6cn(C7CC7)nc6C(C)(C)[C@@H]5CC[C@]43C)[C@@H]2C1. The molecule has 4 saturated carbocycles. The van der Waals surface area contributed by atoms with Gasteiger partial charge >= 0.3 is 5.97 Å². The molecular weight excluding hydrogens is 552 g/mol. The minimum atomic E-state index is -0.390. The van der Waals surface area contributed by atoms with Crippen LogP contribution in [0.4, 0.5) is 0 Å². The number of fused-ring (bicyclic) bond motifs is 8. The van der Waals surface area contributed by atoms with Gasteiger partial charge < -0.3 is 4.74 Å². The molecule has 7 atom stereocenters. The van der Waals surface area contributed by atoms with Crippen molar-refractivity contribution in [2.75, 3.05) is 0 Å². The molecule has 1 heterocycles. The Morgan fingerprint density at radius 1 is 0.911 bits per heavy atom. The quantitative estimate of drug-likeness (QED) is 0.256. The van der Waals surface area contributed by atoms with Crippen LogP contribution in [0.15, 0.2) is 48.2 Å². The molecule has 0 aliphatic heterocycles. The Morgan fingerprint density at radius 3 is 2.38 bits per heavy atom. The van der Waals surface area contributed by atoms with Crippen LogP contribution in [-0.4, -0.2) is 15.7 Å². The summed E-state index contributed by atoms with van der Waals surface area (Å²) in [5.74, 6) is 1.61. The molecule has 2 aromatic rings. The predicted octanol–water partition coefficient (Wildman–Crippen LogP) is 9.78. The summed E-state index contributed by atoms with van der Waals surface area (Å²) in [5.41, 5.74) is 6.10. The van der Waals surface area contributed by atoms with Crippen LogP contribution in [0.1, 0.15) is 136 Å². The number of carbonyl (C=O) groups excluding carboxylic acids is 1. The maximum Gasteiger partial charge on any atom is 0.313 e. The van der Waals surface area contributed by atoms with E-state index in [-0.39, 0.29) is 44.4 Å². The molecular formula is C41H56N2O2. The number of nitrogens with zero attached hydrogens (tertiary/aromatic N) is 2. The summed E-state index contributed by atoms with van der Waals surface area (Å²) in [6.45, 7) is 18.2. The zero-order valence-corrected chi connectivity index (χ0v) is 29.0. The molecule has 0 N–H and O–H groups in total. The number of benzene rings is 1. The van der Waals surface area contributed by atoms with E-state index in [2.05, 4.69) is 77.6 Å². The Bertz CT molecular complexity index is 1550. The molecule has 4 nitrogen and oxygen atoms in total. The molecule has 0 amide bonds. The van der Waals surface area contributed by atoms with Gasteiger partial charge in [-0.3, -0.25) is 9.48 Å². The van der Waals surface area contributed by atoms with Gasteiger partial charge in [-0.05, 0) is 121 Å². The van der Waals surface area contributed by atoms with Gasteiger partial charge in [0.15, 0.2) is 0 Å². The van der Waals surface area contributed by atoms with Gasteiger partial charge in [0.1, 0.15) is 6.61 Å². The van der Waals surface area contributed by atoms with E-state index in [1.165, 1.54) is 36.9 Å². The molecule has 6 aliphatic rings. The molecule has 4 heteroatoms. The highest BCUT2D eigenvalue weighted by molar-refractivity contribution is 5.79. The first kappa shape index (κ1) is 30.0. The molecule has 1 aromatic heterocycles. The van der Waals surface area contributed by atoms with Crippen molar-refractivity contribution in [1.29, 1.82) is 0 Å². The summed E-state index contributed by atoms with van der Waals surface area (Å²) in [4.78, 5) is 14.3. The summed E-state index contributed by atoms with van der Waals surface area (Å²) >= 11 is 0. The van der Waals surface area contributed by atoms with Gasteiger partial charge in [-0.15, -0.1) is 0 Å². The standard InChI is InChI=1S/C41H56N2O2/c1-36(2)19-21-41(35(44)45-26-27-11-9-8-10-12-27)22-20-39(6)30(31(41)24-36)15-16-33-38(5)23-28-25-43(29-13-14-29)42-34(28)37(3,4)32(38)17-18-40(33,39)7/h8-12,15,25,29,31-33H,13-14,16-24,26H2,1-7H3/t31-,32-,33+,38-,39+,40+,41-/m0/s1. The van der Waals surface area contributed by atoms with E-state index in [0.717, 1.165) is 50.5 Å². The topological polar surface area (TPSA) is 44.1 Å². The van der Waals surface area contributed by atoms with E-state index >= 15 is 0 Å². The average Bonchev–Trinajstić information content (AvgIpc) is 3.75. The van der Waals surface area contributed by atoms with Crippen LogP contribution in [0.2, 0.25) is 0 Å². The average molecular weight is 609 g/mol. The third-order valence-electron chi connectivity index (χ3n) is 15.3. The van der Waals surface area contributed by atoms with E-state index < -0.39 is 0 Å². The monoisotopic (exact) mass is 608 g/mol. The summed E-state index contributed by atoms with van der Waals surface area (Å²) in [6, 6.07) is 10.9. The van der Waals surface area contributed by atoms with Gasteiger partial charge in [0.25, 0.3) is 0 Å². The smallest absolute Gasteiger partial charge is 0.313 e. The van der Waals surface area contributed by atoms with Crippen molar-refractivity contribution < 1.29 is 9.53 Å². The zero-order chi connectivity index (χ0) is 31.6. The minimum absolute atomic E-state index is 0.0620. The predicted molar refractivity (Wildman–Crippen MR) is 179 cm³/mol. The van der Waals surface area contributed by atoms with E-state index in [4.69, 9.17) is 9.84 Å². The van der Waals surface area contributed by atoms with Crippen LogP contribution in [0, 0.1) is 44.8 Å². The van der Waals surface area contributed by atoms with Crippen LogP contribution >= 0.6 is 0 Å². The highest BCUT2D eigenvalue weighted by Gasteiger charge is 2.69. The Labute approximate surface area is 271 Å². The lowest BCUT2D eigenvalue weighted by molar-refractivity contribution is -0.182. The molecule has 8 rings (SSSR count). The molecule has 0 spiro atoms. The molecule has 6 aliphatic carbocycles. The first-order valence-electron chi connectivity index (χ1n) is 18.2. The van der Waals surface area contributed by atoms with Gasteiger partial charge in [0.2, 0.25) is 0 Å². The molecule has 0 radical (unpaired) electrons. The van der Waals surface area contributed by atoms with Gasteiger partial charge in [0.05, 0.1) is 17.2 Å². The lowest BCUT2D eigenvalue weighted by atomic mass is 9.33. The van der Waals surface area contributed by atoms with E-state index in [0.29, 0.717) is 24.5 Å². The number of hydrogen-bond acceptors (Lipinski definition) is 3. The second-order valence-electron chi connectivity index (χ2n) is 18.5. The van der Waals surface area contributed by atoms with Crippen LogP contribution in [0.25, 0.3) is 0 Å². The van der Waals surface area contributed by atoms with Gasteiger partial charge in [0, 0.05) is 11.6 Å². The lowest BCUT2D eigenvalue weighted by Gasteiger charge is -2.70. The zero-order valence-electron chi connectivity index (χ0n) is 29.0. The molecule has 242 valence electrons. The van der Waals surface area contributed by atoms with E-state index in [9.17, 15) is 4.79 Å². The number of allylic oxidation sites excluding steroid dienone is 2. The molecule has 1 aromatic carbocycles. The normalized spacial score (nSPS) is 41.0. The summed E-state index contributed by atoms with van der Waals surface area (Å²) in [6.07, 6.45) is 17.7. The lowest BCUT2D eigenvalue weighted by Crippen LogP contribution is -2.64. The molecule has 0 saturated heterocycles. The fraction of sp³-hybridized carbons (Fsp3) is 0.707. The minimum Gasteiger partial charge on any atom is -0.460 e.